The molecule has 1 heterocycles. The molecule has 0 radical (unpaired) electrons. The van der Waals surface area contributed by atoms with Gasteiger partial charge in [0.1, 0.15) is 11.8 Å². The Morgan fingerprint density at radius 1 is 0.938 bits per heavy atom. The molecule has 12 heteroatoms. The molecule has 1 aromatic carbocycles. The topological polar surface area (TPSA) is 122 Å². The van der Waals surface area contributed by atoms with E-state index in [9.17, 15) is 13.9 Å². The van der Waals surface area contributed by atoms with Crippen molar-refractivity contribution in [2.75, 3.05) is 33.0 Å². The number of rotatable bonds is 14. The first-order valence-electron chi connectivity index (χ1n) is 10.7. The minimum Gasteiger partial charge on any atom is -0.494 e. The standard InChI is InChI=1S/C20H32N2O8P2/c1-6-26-17-13-11-12-16(14-17)19(23)18-15-20(22-21-18,31(24,27-7-2)28-8-3)32(25,29-9-4)30-10-5/h11-14,18H,6-10,15H2,1-5H3. The van der Waals surface area contributed by atoms with E-state index in [0.717, 1.165) is 0 Å². The zero-order chi connectivity index (χ0) is 23.8. The predicted octanol–water partition coefficient (Wildman–Crippen LogP) is 5.68. The van der Waals surface area contributed by atoms with Gasteiger partial charge in [0, 0.05) is 12.0 Å². The smallest absolute Gasteiger partial charge is 0.372 e. The van der Waals surface area contributed by atoms with Crippen molar-refractivity contribution < 1.29 is 36.8 Å². The van der Waals surface area contributed by atoms with Crippen LogP contribution in [0.3, 0.4) is 0 Å². The summed E-state index contributed by atoms with van der Waals surface area (Å²) in [7, 11) is -8.44. The summed E-state index contributed by atoms with van der Waals surface area (Å²) >= 11 is 0. The van der Waals surface area contributed by atoms with E-state index in [-0.39, 0.29) is 32.8 Å². The zero-order valence-corrected chi connectivity index (χ0v) is 21.0. The molecule has 1 atom stereocenters. The Morgan fingerprint density at radius 2 is 1.47 bits per heavy atom. The van der Waals surface area contributed by atoms with Crippen molar-refractivity contribution in [3.05, 3.63) is 29.8 Å². The van der Waals surface area contributed by atoms with Gasteiger partial charge in [-0.25, -0.2) is 0 Å². The third-order valence-corrected chi connectivity index (χ3v) is 10.8. The normalized spacial score (nSPS) is 18.1. The molecule has 0 saturated carbocycles. The molecule has 10 nitrogen and oxygen atoms in total. The molecule has 2 rings (SSSR count). The fourth-order valence-corrected chi connectivity index (χ4v) is 8.74. The Morgan fingerprint density at radius 3 is 1.94 bits per heavy atom. The molecule has 1 aliphatic rings. The molecule has 180 valence electrons. The van der Waals surface area contributed by atoms with Crippen LogP contribution < -0.4 is 4.74 Å². The second-order valence-electron chi connectivity index (χ2n) is 6.70. The lowest BCUT2D eigenvalue weighted by molar-refractivity contribution is 0.0959. The number of hydrogen-bond acceptors (Lipinski definition) is 10. The number of Topliss-reactive ketones (excluding diaryl/α,β-unsaturated/α-hetero) is 1. The number of hydrogen-bond donors (Lipinski definition) is 0. The van der Waals surface area contributed by atoms with Crippen LogP contribution in [-0.2, 0) is 27.2 Å². The van der Waals surface area contributed by atoms with Crippen molar-refractivity contribution in [2.24, 2.45) is 10.2 Å². The molecule has 0 bridgehead atoms. The highest BCUT2D eigenvalue weighted by molar-refractivity contribution is 7.74. The molecule has 0 amide bonds. The average Bonchev–Trinajstić information content (AvgIpc) is 3.22. The third kappa shape index (κ3) is 5.22. The highest BCUT2D eigenvalue weighted by Gasteiger charge is 2.69. The van der Waals surface area contributed by atoms with E-state index in [2.05, 4.69) is 10.2 Å². The van der Waals surface area contributed by atoms with Gasteiger partial charge in [0.2, 0.25) is 0 Å². The quantitative estimate of drug-likeness (QED) is 0.241. The Labute approximate surface area is 189 Å². The van der Waals surface area contributed by atoms with Gasteiger partial charge in [0.15, 0.2) is 5.78 Å². The van der Waals surface area contributed by atoms with Gasteiger partial charge in [-0.15, -0.1) is 0 Å². The number of benzene rings is 1. The van der Waals surface area contributed by atoms with E-state index in [4.69, 9.17) is 22.8 Å². The SMILES string of the molecule is CCOc1cccc(C(=O)C2CC(P(=O)(OCC)OCC)(P(=O)(OCC)OCC)N=N2)c1. The molecule has 0 fully saturated rings. The van der Waals surface area contributed by atoms with E-state index in [1.54, 1.807) is 52.0 Å². The summed E-state index contributed by atoms with van der Waals surface area (Å²) in [4.78, 5) is 13.2. The monoisotopic (exact) mass is 490 g/mol. The van der Waals surface area contributed by atoms with Crippen LogP contribution in [-0.4, -0.2) is 49.9 Å². The van der Waals surface area contributed by atoms with Crippen LogP contribution in [0.2, 0.25) is 0 Å². The van der Waals surface area contributed by atoms with Crippen LogP contribution in [0.4, 0.5) is 0 Å². The summed E-state index contributed by atoms with van der Waals surface area (Å²) in [5.41, 5.74) is 0.334. The molecule has 0 saturated heterocycles. The van der Waals surface area contributed by atoms with Crippen molar-refractivity contribution in [3.63, 3.8) is 0 Å². The lowest BCUT2D eigenvalue weighted by Gasteiger charge is -2.36. The first-order chi connectivity index (χ1) is 15.3. The van der Waals surface area contributed by atoms with Gasteiger partial charge in [-0.3, -0.25) is 13.9 Å². The molecular weight excluding hydrogens is 458 g/mol. The van der Waals surface area contributed by atoms with Crippen LogP contribution in [0, 0.1) is 0 Å². The largest absolute Gasteiger partial charge is 0.494 e. The zero-order valence-electron chi connectivity index (χ0n) is 19.2. The predicted molar refractivity (Wildman–Crippen MR) is 120 cm³/mol. The van der Waals surface area contributed by atoms with E-state index in [0.29, 0.717) is 17.9 Å². The highest BCUT2D eigenvalue weighted by Crippen LogP contribution is 2.81. The van der Waals surface area contributed by atoms with Crippen molar-refractivity contribution in [1.82, 2.24) is 0 Å². The van der Waals surface area contributed by atoms with Crippen molar-refractivity contribution in [1.29, 1.82) is 0 Å². The van der Waals surface area contributed by atoms with Gasteiger partial charge < -0.3 is 22.8 Å². The van der Waals surface area contributed by atoms with Crippen LogP contribution in [0.1, 0.15) is 51.4 Å². The molecule has 32 heavy (non-hydrogen) atoms. The first kappa shape index (κ1) is 26.8. The first-order valence-corrected chi connectivity index (χ1v) is 13.8. The third-order valence-electron chi connectivity index (χ3n) is 4.63. The summed E-state index contributed by atoms with van der Waals surface area (Å²) in [6.07, 6.45) is -0.306. The average molecular weight is 490 g/mol. The van der Waals surface area contributed by atoms with E-state index in [1.165, 1.54) is 0 Å². The van der Waals surface area contributed by atoms with Gasteiger partial charge in [-0.2, -0.15) is 10.2 Å². The summed E-state index contributed by atoms with van der Waals surface area (Å²) in [5, 5.41) is 6.10. The lowest BCUT2D eigenvalue weighted by atomic mass is 10.0. The number of ketones is 1. The molecule has 1 unspecified atom stereocenters. The van der Waals surface area contributed by atoms with Gasteiger partial charge >= 0.3 is 15.2 Å². The molecule has 0 aromatic heterocycles. The van der Waals surface area contributed by atoms with E-state index in [1.807, 2.05) is 6.92 Å². The lowest BCUT2D eigenvalue weighted by Crippen LogP contribution is -2.33. The van der Waals surface area contributed by atoms with Crippen LogP contribution in [0.5, 0.6) is 5.75 Å². The van der Waals surface area contributed by atoms with Gasteiger partial charge in [0.25, 0.3) is 5.02 Å². The van der Waals surface area contributed by atoms with Crippen LogP contribution in [0.25, 0.3) is 0 Å². The fourth-order valence-electron chi connectivity index (χ4n) is 3.40. The minimum atomic E-state index is -4.22. The van der Waals surface area contributed by atoms with Crippen LogP contribution >= 0.6 is 15.2 Å². The van der Waals surface area contributed by atoms with Crippen LogP contribution in [0.15, 0.2) is 34.5 Å². The maximum absolute atomic E-state index is 13.9. The van der Waals surface area contributed by atoms with E-state index < -0.39 is 32.0 Å². The van der Waals surface area contributed by atoms with Gasteiger partial charge in [-0.1, -0.05) is 12.1 Å². The molecule has 1 aromatic rings. The molecule has 0 aliphatic carbocycles. The summed E-state index contributed by atoms with van der Waals surface area (Å²) < 4.78 is 55.3. The second-order valence-corrected chi connectivity index (χ2v) is 11.6. The van der Waals surface area contributed by atoms with Crippen molar-refractivity contribution >= 4 is 21.0 Å². The Hall–Kier alpha value is -1.41. The number of nitrogens with zero attached hydrogens (tertiary/aromatic N) is 2. The minimum absolute atomic E-state index is 0.00180. The Bertz CT molecular complexity index is 857. The molecule has 0 N–H and O–H groups in total. The number of carbonyl (C=O) groups excluding carboxylic acids is 1. The van der Waals surface area contributed by atoms with Crippen molar-refractivity contribution in [2.45, 2.75) is 52.1 Å². The number of ether oxygens (including phenoxy) is 1. The Kier molecular flexibility index (Phi) is 9.76. The maximum atomic E-state index is 13.9. The van der Waals surface area contributed by atoms with Crippen molar-refractivity contribution in [3.8, 4) is 5.75 Å². The second kappa shape index (κ2) is 11.6. The van der Waals surface area contributed by atoms with Gasteiger partial charge in [0.05, 0.1) is 33.0 Å². The maximum Gasteiger partial charge on any atom is 0.372 e. The summed E-state index contributed by atoms with van der Waals surface area (Å²) in [6.45, 7) is 8.79. The molecule has 1 aliphatic heterocycles. The Balaban J connectivity index is 2.53. The number of carbonyl (C=O) groups is 1. The molecular formula is C20H32N2O8P2. The fraction of sp³-hybridized carbons (Fsp3) is 0.650. The van der Waals surface area contributed by atoms with Gasteiger partial charge in [-0.05, 0) is 46.8 Å². The summed E-state index contributed by atoms with van der Waals surface area (Å²) in [5.74, 6) is 0.138. The molecule has 0 spiro atoms. The number of azo groups is 1. The highest BCUT2D eigenvalue weighted by atomic mass is 31.2. The summed E-state index contributed by atoms with van der Waals surface area (Å²) in [6, 6.07) is 5.56. The van der Waals surface area contributed by atoms with E-state index >= 15 is 0 Å².